The summed E-state index contributed by atoms with van der Waals surface area (Å²) in [5.41, 5.74) is 0.120. The highest BCUT2D eigenvalue weighted by Crippen LogP contribution is 2.53. The summed E-state index contributed by atoms with van der Waals surface area (Å²) in [4.78, 5) is 0. The Bertz CT molecular complexity index is 476. The molecular weight excluding hydrogens is 335 g/mol. The van der Waals surface area contributed by atoms with E-state index < -0.39 is 21.7 Å². The zero-order valence-corrected chi connectivity index (χ0v) is 17.4. The van der Waals surface area contributed by atoms with E-state index in [1.807, 2.05) is 6.92 Å². The molecule has 2 rings (SSSR count). The summed E-state index contributed by atoms with van der Waals surface area (Å²) in [6.45, 7) is 7.26. The molecule has 0 N–H and O–H groups in total. The summed E-state index contributed by atoms with van der Waals surface area (Å²) in [6, 6.07) is 0. The highest BCUT2D eigenvalue weighted by atomic mass is 32.2. The predicted molar refractivity (Wildman–Crippen MR) is 105 cm³/mol. The quantitative estimate of drug-likeness (QED) is 0.444. The molecule has 0 aromatic rings. The van der Waals surface area contributed by atoms with E-state index in [9.17, 15) is 8.60 Å². The molecule has 2 aliphatic carbocycles. The zero-order valence-electron chi connectivity index (χ0n) is 16.6. The van der Waals surface area contributed by atoms with Crippen molar-refractivity contribution in [1.29, 1.82) is 0 Å². The monoisotopic (exact) mass is 372 g/mol. The topological polar surface area (TPSA) is 26.3 Å². The fraction of sp³-hybridized carbons (Fsp3) is 0.905. The van der Waals surface area contributed by atoms with E-state index in [-0.39, 0.29) is 5.83 Å². The van der Waals surface area contributed by atoms with E-state index in [0.29, 0.717) is 18.4 Å². The first-order chi connectivity index (χ1) is 11.8. The summed E-state index contributed by atoms with van der Waals surface area (Å²) in [5.74, 6) is 0.609. The van der Waals surface area contributed by atoms with E-state index in [4.69, 9.17) is 4.74 Å². The molecule has 0 aliphatic heterocycles. The van der Waals surface area contributed by atoms with Crippen LogP contribution in [-0.4, -0.2) is 27.9 Å². The van der Waals surface area contributed by atoms with Crippen molar-refractivity contribution < 1.29 is 13.3 Å². The number of hydrogen-bond donors (Lipinski definition) is 0. The molecule has 0 radical (unpaired) electrons. The van der Waals surface area contributed by atoms with Gasteiger partial charge in [-0.2, -0.15) is 0 Å². The highest BCUT2D eigenvalue weighted by molar-refractivity contribution is 7.85. The minimum atomic E-state index is -1.13. The molecule has 0 heterocycles. The van der Waals surface area contributed by atoms with Crippen LogP contribution in [0.1, 0.15) is 85.0 Å². The van der Waals surface area contributed by atoms with Crippen molar-refractivity contribution in [3.8, 4) is 0 Å². The molecule has 146 valence electrons. The molecule has 3 atom stereocenters. The van der Waals surface area contributed by atoms with Gasteiger partial charge in [-0.3, -0.25) is 4.21 Å². The van der Waals surface area contributed by atoms with Crippen molar-refractivity contribution in [2.75, 3.05) is 12.9 Å². The van der Waals surface area contributed by atoms with Crippen LogP contribution in [0.3, 0.4) is 0 Å². The molecule has 25 heavy (non-hydrogen) atoms. The lowest BCUT2D eigenvalue weighted by molar-refractivity contribution is -0.0197. The fourth-order valence-electron chi connectivity index (χ4n) is 5.09. The Morgan fingerprint density at radius 3 is 2.44 bits per heavy atom. The minimum Gasteiger partial charge on any atom is -0.371 e. The van der Waals surface area contributed by atoms with Gasteiger partial charge in [-0.05, 0) is 75.7 Å². The fourth-order valence-corrected chi connectivity index (χ4v) is 5.93. The summed E-state index contributed by atoms with van der Waals surface area (Å²) in [6.07, 6.45) is 15.0. The molecule has 0 bridgehead atoms. The molecule has 2 aliphatic rings. The van der Waals surface area contributed by atoms with Crippen molar-refractivity contribution in [2.24, 2.45) is 11.3 Å². The lowest BCUT2D eigenvalue weighted by atomic mass is 9.57. The minimum absolute atomic E-state index is 0.252. The lowest BCUT2D eigenvalue weighted by Gasteiger charge is -2.48. The predicted octanol–water partition coefficient (Wildman–Crippen LogP) is 5.93. The van der Waals surface area contributed by atoms with Crippen LogP contribution in [0.15, 0.2) is 11.9 Å². The molecule has 0 spiro atoms. The van der Waals surface area contributed by atoms with E-state index in [1.165, 1.54) is 44.9 Å². The third-order valence-electron chi connectivity index (χ3n) is 6.25. The third-order valence-corrected chi connectivity index (χ3v) is 7.51. The van der Waals surface area contributed by atoms with Gasteiger partial charge in [0.15, 0.2) is 0 Å². The van der Waals surface area contributed by atoms with Crippen molar-refractivity contribution in [1.82, 2.24) is 0 Å². The second-order valence-electron chi connectivity index (χ2n) is 8.63. The van der Waals surface area contributed by atoms with Gasteiger partial charge in [-0.25, -0.2) is 4.39 Å². The Hall–Kier alpha value is -0.220. The molecular formula is C21H37FO2S. The second-order valence-corrected chi connectivity index (χ2v) is 10.2. The number of ether oxygens (including phenoxy) is 1. The Kier molecular flexibility index (Phi) is 7.69. The summed E-state index contributed by atoms with van der Waals surface area (Å²) >= 11 is 0. The second kappa shape index (κ2) is 9.12. The van der Waals surface area contributed by atoms with Gasteiger partial charge in [0.1, 0.15) is 5.83 Å². The number of rotatable bonds is 10. The largest absolute Gasteiger partial charge is 0.371 e. The summed E-state index contributed by atoms with van der Waals surface area (Å²) in [5, 5.41) is -0.433. The number of halogens is 1. The SMILES string of the molecule is CCCC1(CCC)CC(CCCO[C@@]2(C)C=C(F)C(S(C)=O)CC2)C1. The molecule has 2 nitrogen and oxygen atoms in total. The van der Waals surface area contributed by atoms with Gasteiger partial charge < -0.3 is 4.74 Å². The maximum absolute atomic E-state index is 14.1. The van der Waals surface area contributed by atoms with Gasteiger partial charge in [0.05, 0.1) is 10.9 Å². The number of hydrogen-bond acceptors (Lipinski definition) is 2. The molecule has 2 unspecified atom stereocenters. The van der Waals surface area contributed by atoms with Crippen LogP contribution in [0.4, 0.5) is 4.39 Å². The smallest absolute Gasteiger partial charge is 0.114 e. The van der Waals surface area contributed by atoms with Crippen molar-refractivity contribution >= 4 is 10.8 Å². The van der Waals surface area contributed by atoms with E-state index in [1.54, 1.807) is 12.3 Å². The van der Waals surface area contributed by atoms with E-state index in [2.05, 4.69) is 13.8 Å². The normalized spacial score (nSPS) is 30.6. The van der Waals surface area contributed by atoms with Crippen LogP contribution in [0.25, 0.3) is 0 Å². The van der Waals surface area contributed by atoms with Crippen LogP contribution in [0, 0.1) is 11.3 Å². The van der Waals surface area contributed by atoms with Crippen LogP contribution in [-0.2, 0) is 15.5 Å². The maximum Gasteiger partial charge on any atom is 0.114 e. The Morgan fingerprint density at radius 1 is 1.28 bits per heavy atom. The Morgan fingerprint density at radius 2 is 1.92 bits per heavy atom. The first kappa shape index (κ1) is 21.1. The van der Waals surface area contributed by atoms with Gasteiger partial charge in [0.25, 0.3) is 0 Å². The van der Waals surface area contributed by atoms with Crippen LogP contribution >= 0.6 is 0 Å². The van der Waals surface area contributed by atoms with Crippen molar-refractivity contribution in [3.63, 3.8) is 0 Å². The summed E-state index contributed by atoms with van der Waals surface area (Å²) in [7, 11) is -1.13. The lowest BCUT2D eigenvalue weighted by Crippen LogP contribution is -2.37. The van der Waals surface area contributed by atoms with Gasteiger partial charge in [0.2, 0.25) is 0 Å². The average Bonchev–Trinajstić information content (AvgIpc) is 2.49. The average molecular weight is 373 g/mol. The molecule has 1 fully saturated rings. The van der Waals surface area contributed by atoms with Crippen LogP contribution < -0.4 is 0 Å². The molecule has 0 aromatic carbocycles. The zero-order chi connectivity index (χ0) is 18.5. The molecule has 0 aromatic heterocycles. The standard InChI is InChI=1S/C21H37FO2S/c1-5-10-21(11-6-2)14-17(15-21)8-7-13-24-20(3)12-9-19(25(4)23)18(22)16-20/h16-17,19H,5-15H2,1-4H3/t19?,20-,25?/m1/s1. The summed E-state index contributed by atoms with van der Waals surface area (Å²) < 4.78 is 31.7. The van der Waals surface area contributed by atoms with Gasteiger partial charge >= 0.3 is 0 Å². The highest BCUT2D eigenvalue weighted by Gasteiger charge is 2.41. The van der Waals surface area contributed by atoms with Gasteiger partial charge in [0, 0.05) is 23.7 Å². The van der Waals surface area contributed by atoms with Gasteiger partial charge in [-0.15, -0.1) is 0 Å². The van der Waals surface area contributed by atoms with Crippen molar-refractivity contribution in [3.05, 3.63) is 11.9 Å². The first-order valence-corrected chi connectivity index (χ1v) is 11.8. The van der Waals surface area contributed by atoms with E-state index in [0.717, 1.165) is 18.8 Å². The van der Waals surface area contributed by atoms with Gasteiger partial charge in [-0.1, -0.05) is 26.7 Å². The Balaban J connectivity index is 1.69. The Labute approximate surface area is 156 Å². The molecule has 0 amide bonds. The molecule has 0 saturated heterocycles. The van der Waals surface area contributed by atoms with Crippen LogP contribution in [0.5, 0.6) is 0 Å². The third kappa shape index (κ3) is 5.63. The van der Waals surface area contributed by atoms with E-state index >= 15 is 0 Å². The maximum atomic E-state index is 14.1. The van der Waals surface area contributed by atoms with Crippen LogP contribution in [0.2, 0.25) is 0 Å². The molecule has 1 saturated carbocycles. The van der Waals surface area contributed by atoms with Crippen molar-refractivity contribution in [2.45, 2.75) is 95.8 Å². The first-order valence-electron chi connectivity index (χ1n) is 10.2. The molecule has 4 heteroatoms.